The Hall–Kier alpha value is -1.87. The summed E-state index contributed by atoms with van der Waals surface area (Å²) in [6.07, 6.45) is 1.90. The molecule has 0 fully saturated rings. The molecule has 3 heteroatoms. The van der Waals surface area contributed by atoms with E-state index < -0.39 is 0 Å². The summed E-state index contributed by atoms with van der Waals surface area (Å²) in [5, 5.41) is 10.5. The lowest BCUT2D eigenvalue weighted by molar-refractivity contribution is 0.277. The maximum absolute atomic E-state index is 9.37. The van der Waals surface area contributed by atoms with Crippen LogP contribution in [0.25, 0.3) is 10.9 Å². The van der Waals surface area contributed by atoms with E-state index in [9.17, 15) is 5.11 Å². The van der Waals surface area contributed by atoms with Gasteiger partial charge in [0.25, 0.3) is 0 Å². The number of hydrogen-bond donors (Lipinski definition) is 1. The van der Waals surface area contributed by atoms with E-state index in [1.807, 2.05) is 30.3 Å². The second-order valence-corrected chi connectivity index (χ2v) is 4.84. The summed E-state index contributed by atoms with van der Waals surface area (Å²) in [7, 11) is 0. The topological polar surface area (TPSA) is 36.4 Å². The third-order valence-corrected chi connectivity index (χ3v) is 3.17. The van der Waals surface area contributed by atoms with Gasteiger partial charge in [-0.05, 0) is 26.0 Å². The van der Waals surface area contributed by atoms with Gasteiger partial charge in [0.2, 0.25) is 0 Å². The molecule has 1 heterocycles. The highest BCUT2D eigenvalue weighted by Gasteiger charge is 2.14. The van der Waals surface area contributed by atoms with Gasteiger partial charge < -0.3 is 10.0 Å². The first-order valence-corrected chi connectivity index (χ1v) is 6.54. The molecule has 100 valence electrons. The Kier molecular flexibility index (Phi) is 4.17. The van der Waals surface area contributed by atoms with E-state index in [4.69, 9.17) is 0 Å². The highest BCUT2D eigenvalue weighted by atomic mass is 16.3. The summed E-state index contributed by atoms with van der Waals surface area (Å²) < 4.78 is 0. The first-order valence-electron chi connectivity index (χ1n) is 6.54. The number of nitrogens with zero attached hydrogens (tertiary/aromatic N) is 2. The molecule has 0 radical (unpaired) electrons. The molecule has 0 aliphatic heterocycles. The van der Waals surface area contributed by atoms with Crippen molar-refractivity contribution in [3.05, 3.63) is 48.7 Å². The second-order valence-electron chi connectivity index (χ2n) is 4.84. The van der Waals surface area contributed by atoms with Crippen LogP contribution in [0.2, 0.25) is 0 Å². The van der Waals surface area contributed by atoms with Crippen molar-refractivity contribution < 1.29 is 5.11 Å². The van der Waals surface area contributed by atoms with Crippen LogP contribution < -0.4 is 4.90 Å². The van der Waals surface area contributed by atoms with E-state index in [2.05, 4.69) is 36.4 Å². The number of benzene rings is 1. The van der Waals surface area contributed by atoms with Gasteiger partial charge >= 0.3 is 0 Å². The highest BCUT2D eigenvalue weighted by Crippen LogP contribution is 2.28. The van der Waals surface area contributed by atoms with Crippen molar-refractivity contribution in [3.8, 4) is 0 Å². The zero-order chi connectivity index (χ0) is 13.8. The Balaban J connectivity index is 2.64. The standard InChI is InChI=1S/C16H20N2O/c1-4-9-18(12(2)3)16-10-13(11-19)17-15-8-6-5-7-14(15)16/h4-8,10,12,19H,1,9,11H2,2-3H3. The summed E-state index contributed by atoms with van der Waals surface area (Å²) in [6.45, 7) is 8.86. The average molecular weight is 256 g/mol. The molecule has 2 aromatic rings. The Labute approximate surface area is 114 Å². The first kappa shape index (κ1) is 13.6. The zero-order valence-corrected chi connectivity index (χ0v) is 11.5. The molecule has 0 amide bonds. The number of fused-ring (bicyclic) bond motifs is 1. The molecule has 0 atom stereocenters. The number of para-hydroxylation sites is 1. The number of pyridine rings is 1. The molecule has 1 aromatic carbocycles. The van der Waals surface area contributed by atoms with Crippen molar-refractivity contribution in [1.82, 2.24) is 4.98 Å². The van der Waals surface area contributed by atoms with Gasteiger partial charge in [-0.1, -0.05) is 24.3 Å². The minimum Gasteiger partial charge on any atom is -0.390 e. The van der Waals surface area contributed by atoms with Crippen LogP contribution in [0, 0.1) is 0 Å². The lowest BCUT2D eigenvalue weighted by atomic mass is 10.1. The van der Waals surface area contributed by atoms with Crippen molar-refractivity contribution in [3.63, 3.8) is 0 Å². The Morgan fingerprint density at radius 2 is 2.11 bits per heavy atom. The fourth-order valence-electron chi connectivity index (χ4n) is 2.26. The molecular formula is C16H20N2O. The molecule has 1 aromatic heterocycles. The van der Waals surface area contributed by atoms with Crippen LogP contribution >= 0.6 is 0 Å². The molecule has 0 aliphatic carbocycles. The number of aliphatic hydroxyl groups excluding tert-OH is 1. The van der Waals surface area contributed by atoms with Crippen molar-refractivity contribution in [2.75, 3.05) is 11.4 Å². The SMILES string of the molecule is C=CCN(c1cc(CO)nc2ccccc12)C(C)C. The second kappa shape index (κ2) is 5.85. The zero-order valence-electron chi connectivity index (χ0n) is 11.5. The van der Waals surface area contributed by atoms with E-state index in [1.54, 1.807) is 0 Å². The normalized spacial score (nSPS) is 10.9. The molecule has 2 rings (SSSR count). The van der Waals surface area contributed by atoms with Gasteiger partial charge in [0, 0.05) is 23.7 Å². The molecule has 3 nitrogen and oxygen atoms in total. The number of aromatic nitrogens is 1. The van der Waals surface area contributed by atoms with Gasteiger partial charge in [-0.15, -0.1) is 6.58 Å². The van der Waals surface area contributed by atoms with Gasteiger partial charge in [0.05, 0.1) is 17.8 Å². The molecule has 0 unspecified atom stereocenters. The summed E-state index contributed by atoms with van der Waals surface area (Å²) >= 11 is 0. The van der Waals surface area contributed by atoms with E-state index in [-0.39, 0.29) is 6.61 Å². The van der Waals surface area contributed by atoms with Crippen LogP contribution in [0.15, 0.2) is 43.0 Å². The quantitative estimate of drug-likeness (QED) is 0.835. The van der Waals surface area contributed by atoms with Gasteiger partial charge in [-0.2, -0.15) is 0 Å². The van der Waals surface area contributed by atoms with Crippen LogP contribution in [0.4, 0.5) is 5.69 Å². The maximum Gasteiger partial charge on any atom is 0.0854 e. The first-order chi connectivity index (χ1) is 9.17. The summed E-state index contributed by atoms with van der Waals surface area (Å²) in [6, 6.07) is 10.3. The van der Waals surface area contributed by atoms with Gasteiger partial charge in [-0.3, -0.25) is 4.98 Å². The Morgan fingerprint density at radius 1 is 1.37 bits per heavy atom. The van der Waals surface area contributed by atoms with Gasteiger partial charge in [-0.25, -0.2) is 0 Å². The lowest BCUT2D eigenvalue weighted by Gasteiger charge is -2.29. The van der Waals surface area contributed by atoms with E-state index in [0.29, 0.717) is 11.7 Å². The molecule has 0 aliphatic rings. The molecule has 1 N–H and O–H groups in total. The number of anilines is 1. The summed E-state index contributed by atoms with van der Waals surface area (Å²) in [5.74, 6) is 0. The minimum absolute atomic E-state index is 0.0438. The molecule has 0 saturated carbocycles. The highest BCUT2D eigenvalue weighted by molar-refractivity contribution is 5.92. The predicted octanol–water partition coefficient (Wildman–Crippen LogP) is 3.13. The smallest absolute Gasteiger partial charge is 0.0854 e. The number of hydrogen-bond acceptors (Lipinski definition) is 3. The van der Waals surface area contributed by atoms with E-state index in [0.717, 1.165) is 23.1 Å². The predicted molar refractivity (Wildman–Crippen MR) is 80.3 cm³/mol. The monoisotopic (exact) mass is 256 g/mol. The molecule has 19 heavy (non-hydrogen) atoms. The summed E-state index contributed by atoms with van der Waals surface area (Å²) in [4.78, 5) is 6.71. The van der Waals surface area contributed by atoms with Crippen molar-refractivity contribution in [2.24, 2.45) is 0 Å². The van der Waals surface area contributed by atoms with Crippen molar-refractivity contribution in [1.29, 1.82) is 0 Å². The Morgan fingerprint density at radius 3 is 2.74 bits per heavy atom. The van der Waals surface area contributed by atoms with E-state index >= 15 is 0 Å². The molecule has 0 saturated heterocycles. The fourth-order valence-corrected chi connectivity index (χ4v) is 2.26. The van der Waals surface area contributed by atoms with Crippen LogP contribution in [0.1, 0.15) is 19.5 Å². The number of rotatable bonds is 5. The van der Waals surface area contributed by atoms with Crippen LogP contribution in [0.5, 0.6) is 0 Å². The molecular weight excluding hydrogens is 236 g/mol. The van der Waals surface area contributed by atoms with E-state index in [1.165, 1.54) is 0 Å². The largest absolute Gasteiger partial charge is 0.390 e. The van der Waals surface area contributed by atoms with Gasteiger partial charge in [0.1, 0.15) is 0 Å². The summed E-state index contributed by atoms with van der Waals surface area (Å²) in [5.41, 5.74) is 2.71. The molecule has 0 spiro atoms. The van der Waals surface area contributed by atoms with Crippen molar-refractivity contribution >= 4 is 16.6 Å². The third-order valence-electron chi connectivity index (χ3n) is 3.17. The minimum atomic E-state index is -0.0438. The average Bonchev–Trinajstić information content (AvgIpc) is 2.43. The Bertz CT molecular complexity index is 578. The van der Waals surface area contributed by atoms with Crippen LogP contribution in [-0.4, -0.2) is 22.7 Å². The van der Waals surface area contributed by atoms with Crippen molar-refractivity contribution in [2.45, 2.75) is 26.5 Å². The number of aliphatic hydroxyl groups is 1. The maximum atomic E-state index is 9.37. The molecule has 0 bridgehead atoms. The lowest BCUT2D eigenvalue weighted by Crippen LogP contribution is -2.31. The van der Waals surface area contributed by atoms with Crippen LogP contribution in [0.3, 0.4) is 0 Å². The fraction of sp³-hybridized carbons (Fsp3) is 0.312. The third kappa shape index (κ3) is 2.76. The van der Waals surface area contributed by atoms with Crippen LogP contribution in [-0.2, 0) is 6.61 Å². The van der Waals surface area contributed by atoms with Gasteiger partial charge in [0.15, 0.2) is 0 Å².